The van der Waals surface area contributed by atoms with Crippen LogP contribution in [0.5, 0.6) is 0 Å². The second kappa shape index (κ2) is 5.48. The molecule has 0 bridgehead atoms. The fourth-order valence-corrected chi connectivity index (χ4v) is 2.63. The minimum Gasteiger partial charge on any atom is -0.481 e. The molecule has 1 aromatic rings. The van der Waals surface area contributed by atoms with Crippen molar-refractivity contribution in [2.24, 2.45) is 0 Å². The number of benzene rings is 1. The maximum absolute atomic E-state index is 12.9. The van der Waals surface area contributed by atoms with E-state index in [2.05, 4.69) is 11.8 Å². The van der Waals surface area contributed by atoms with Crippen LogP contribution in [0.15, 0.2) is 24.3 Å². The molecule has 1 N–H and O–H groups in total. The molecule has 1 aliphatic heterocycles. The Labute approximate surface area is 106 Å². The molecule has 0 radical (unpaired) electrons. The first-order valence-corrected chi connectivity index (χ1v) is 6.27. The number of likely N-dealkylation sites (tertiary alicyclic amines) is 1. The van der Waals surface area contributed by atoms with E-state index in [0.29, 0.717) is 18.5 Å². The van der Waals surface area contributed by atoms with Crippen molar-refractivity contribution in [3.63, 3.8) is 0 Å². The van der Waals surface area contributed by atoms with Crippen LogP contribution < -0.4 is 0 Å². The molecule has 0 aromatic heterocycles. The molecule has 3 nitrogen and oxygen atoms in total. The van der Waals surface area contributed by atoms with Crippen molar-refractivity contribution >= 4 is 5.97 Å². The summed E-state index contributed by atoms with van der Waals surface area (Å²) in [7, 11) is 0. The summed E-state index contributed by atoms with van der Waals surface area (Å²) in [4.78, 5) is 12.8. The van der Waals surface area contributed by atoms with Crippen LogP contribution in [0.2, 0.25) is 0 Å². The summed E-state index contributed by atoms with van der Waals surface area (Å²) in [5.74, 6) is -0.589. The molecular formula is C14H18FNO2. The van der Waals surface area contributed by atoms with Gasteiger partial charge < -0.3 is 5.11 Å². The molecule has 0 unspecified atom stereocenters. The lowest BCUT2D eigenvalue weighted by atomic mass is 9.97. The lowest BCUT2D eigenvalue weighted by Crippen LogP contribution is -2.29. The van der Waals surface area contributed by atoms with Crippen molar-refractivity contribution < 1.29 is 14.3 Å². The Balaban J connectivity index is 1.97. The molecule has 1 saturated heterocycles. The predicted octanol–water partition coefficient (Wildman–Crippen LogP) is 2.48. The first-order valence-electron chi connectivity index (χ1n) is 6.27. The largest absolute Gasteiger partial charge is 0.481 e. The number of carboxylic acids is 1. The predicted molar refractivity (Wildman–Crippen MR) is 67.0 cm³/mol. The number of hydrogen-bond acceptors (Lipinski definition) is 2. The third-order valence-electron chi connectivity index (χ3n) is 3.66. The highest BCUT2D eigenvalue weighted by Gasteiger charge is 2.29. The molecule has 0 amide bonds. The Morgan fingerprint density at radius 3 is 2.72 bits per heavy atom. The van der Waals surface area contributed by atoms with Crippen LogP contribution in [0.25, 0.3) is 0 Å². The molecule has 1 aromatic carbocycles. The smallest absolute Gasteiger partial charge is 0.304 e. The van der Waals surface area contributed by atoms with E-state index in [-0.39, 0.29) is 12.2 Å². The summed E-state index contributed by atoms with van der Waals surface area (Å²) >= 11 is 0. The molecule has 1 fully saturated rings. The van der Waals surface area contributed by atoms with Gasteiger partial charge in [0.15, 0.2) is 0 Å². The van der Waals surface area contributed by atoms with Crippen molar-refractivity contribution in [3.05, 3.63) is 35.6 Å². The van der Waals surface area contributed by atoms with Gasteiger partial charge in [0.2, 0.25) is 0 Å². The van der Waals surface area contributed by atoms with Gasteiger partial charge in [0, 0.05) is 19.1 Å². The van der Waals surface area contributed by atoms with E-state index in [4.69, 9.17) is 5.11 Å². The summed E-state index contributed by atoms with van der Waals surface area (Å²) in [6.45, 7) is 3.57. The van der Waals surface area contributed by atoms with Crippen molar-refractivity contribution in [2.75, 3.05) is 13.1 Å². The van der Waals surface area contributed by atoms with Gasteiger partial charge in [-0.3, -0.25) is 9.69 Å². The van der Waals surface area contributed by atoms with Crippen LogP contribution in [-0.4, -0.2) is 35.1 Å². The van der Waals surface area contributed by atoms with Gasteiger partial charge in [0.1, 0.15) is 5.82 Å². The van der Waals surface area contributed by atoms with Crippen LogP contribution in [0.1, 0.15) is 31.2 Å². The van der Waals surface area contributed by atoms with E-state index in [0.717, 1.165) is 18.5 Å². The van der Waals surface area contributed by atoms with Crippen LogP contribution in [0, 0.1) is 5.82 Å². The quantitative estimate of drug-likeness (QED) is 0.893. The summed E-state index contributed by atoms with van der Waals surface area (Å²) in [6.07, 6.45) is 1.19. The molecule has 2 atom stereocenters. The Kier molecular flexibility index (Phi) is 3.97. The molecule has 1 heterocycles. The van der Waals surface area contributed by atoms with Crippen molar-refractivity contribution in [1.29, 1.82) is 0 Å². The zero-order chi connectivity index (χ0) is 13.1. The maximum Gasteiger partial charge on any atom is 0.304 e. The van der Waals surface area contributed by atoms with Gasteiger partial charge in [-0.15, -0.1) is 0 Å². The highest BCUT2D eigenvalue weighted by Crippen LogP contribution is 2.31. The highest BCUT2D eigenvalue weighted by atomic mass is 19.1. The Morgan fingerprint density at radius 2 is 2.11 bits per heavy atom. The third-order valence-corrected chi connectivity index (χ3v) is 3.66. The molecule has 0 aliphatic carbocycles. The molecule has 0 saturated carbocycles. The molecule has 0 spiro atoms. The number of halogens is 1. The number of rotatable bonds is 4. The Hall–Kier alpha value is -1.42. The topological polar surface area (TPSA) is 40.5 Å². The van der Waals surface area contributed by atoms with E-state index in [9.17, 15) is 9.18 Å². The Bertz CT molecular complexity index is 418. The SMILES string of the molecule is C[C@H]1C[C@@H](c2ccc(F)cc2)CN1CCC(=O)O. The lowest BCUT2D eigenvalue weighted by Gasteiger charge is -2.19. The fourth-order valence-electron chi connectivity index (χ4n) is 2.63. The van der Waals surface area contributed by atoms with Gasteiger partial charge in [-0.2, -0.15) is 0 Å². The number of carbonyl (C=O) groups is 1. The van der Waals surface area contributed by atoms with Gasteiger partial charge in [0.25, 0.3) is 0 Å². The van der Waals surface area contributed by atoms with Crippen LogP contribution >= 0.6 is 0 Å². The molecule has 4 heteroatoms. The van der Waals surface area contributed by atoms with Crippen LogP contribution in [-0.2, 0) is 4.79 Å². The summed E-state index contributed by atoms with van der Waals surface area (Å²) in [5.41, 5.74) is 1.14. The molecular weight excluding hydrogens is 233 g/mol. The third kappa shape index (κ3) is 3.07. The molecule has 1 aliphatic rings. The van der Waals surface area contributed by atoms with E-state index in [1.54, 1.807) is 0 Å². The first kappa shape index (κ1) is 13.0. The standard InChI is InChI=1S/C14H18FNO2/c1-10-8-12(9-16(10)7-6-14(17)18)11-2-4-13(15)5-3-11/h2-5,10,12H,6-9H2,1H3,(H,17,18)/t10-,12+/m0/s1. The normalized spacial score (nSPS) is 24.3. The van der Waals surface area contributed by atoms with E-state index in [1.165, 1.54) is 12.1 Å². The lowest BCUT2D eigenvalue weighted by molar-refractivity contribution is -0.137. The molecule has 18 heavy (non-hydrogen) atoms. The maximum atomic E-state index is 12.9. The van der Waals surface area contributed by atoms with Crippen LogP contribution in [0.4, 0.5) is 4.39 Å². The second-order valence-electron chi connectivity index (χ2n) is 4.97. The molecule has 2 rings (SSSR count). The molecule has 98 valence electrons. The van der Waals surface area contributed by atoms with Crippen molar-refractivity contribution in [2.45, 2.75) is 31.7 Å². The van der Waals surface area contributed by atoms with E-state index < -0.39 is 5.97 Å². The van der Waals surface area contributed by atoms with Crippen molar-refractivity contribution in [3.8, 4) is 0 Å². The van der Waals surface area contributed by atoms with E-state index in [1.807, 2.05) is 12.1 Å². The number of carboxylic acid groups (broad SMARTS) is 1. The summed E-state index contributed by atoms with van der Waals surface area (Å²) < 4.78 is 12.9. The van der Waals surface area contributed by atoms with Gasteiger partial charge in [-0.05, 0) is 37.0 Å². The van der Waals surface area contributed by atoms with Gasteiger partial charge in [-0.25, -0.2) is 4.39 Å². The van der Waals surface area contributed by atoms with E-state index >= 15 is 0 Å². The fraction of sp³-hybridized carbons (Fsp3) is 0.500. The van der Waals surface area contributed by atoms with Crippen molar-refractivity contribution in [1.82, 2.24) is 4.90 Å². The first-order chi connectivity index (χ1) is 8.56. The number of aliphatic carboxylic acids is 1. The van der Waals surface area contributed by atoms with Crippen LogP contribution in [0.3, 0.4) is 0 Å². The van der Waals surface area contributed by atoms with Gasteiger partial charge in [-0.1, -0.05) is 12.1 Å². The minimum absolute atomic E-state index is 0.181. The zero-order valence-electron chi connectivity index (χ0n) is 10.5. The van der Waals surface area contributed by atoms with Gasteiger partial charge >= 0.3 is 5.97 Å². The van der Waals surface area contributed by atoms with Gasteiger partial charge in [0.05, 0.1) is 6.42 Å². The zero-order valence-corrected chi connectivity index (χ0v) is 10.5. The second-order valence-corrected chi connectivity index (χ2v) is 4.97. The average molecular weight is 251 g/mol. The number of hydrogen-bond donors (Lipinski definition) is 1. The minimum atomic E-state index is -0.757. The number of nitrogens with zero attached hydrogens (tertiary/aromatic N) is 1. The summed E-state index contributed by atoms with van der Waals surface area (Å²) in [6, 6.07) is 7.01. The highest BCUT2D eigenvalue weighted by molar-refractivity contribution is 5.66. The average Bonchev–Trinajstić information content (AvgIpc) is 2.69. The monoisotopic (exact) mass is 251 g/mol. The summed E-state index contributed by atoms with van der Waals surface area (Å²) in [5, 5.41) is 8.71. The Morgan fingerprint density at radius 1 is 1.44 bits per heavy atom.